The van der Waals surface area contributed by atoms with E-state index in [4.69, 9.17) is 0 Å². The number of esters is 1. The fraction of sp³-hybridized carbons (Fsp3) is 0.417. The molecule has 2 heteroatoms. The van der Waals surface area contributed by atoms with E-state index < -0.39 is 0 Å². The van der Waals surface area contributed by atoms with Gasteiger partial charge in [0.15, 0.2) is 0 Å². The molecule has 14 heavy (non-hydrogen) atoms. The largest absolute Gasteiger partial charge is 0.465 e. The van der Waals surface area contributed by atoms with Crippen LogP contribution in [0.3, 0.4) is 0 Å². The standard InChI is InChI=1S/C12H15O2/c1-3-4-6-10-7-5-8-11(9-10)12(13)14-2/h7-9H,3-4,6H2,1-2H3. The van der Waals surface area contributed by atoms with Gasteiger partial charge in [0.2, 0.25) is 0 Å². The average Bonchev–Trinajstić information content (AvgIpc) is 2.25. The third kappa shape index (κ3) is 2.87. The molecule has 0 saturated heterocycles. The van der Waals surface area contributed by atoms with Crippen LogP contribution in [-0.2, 0) is 11.2 Å². The lowest BCUT2D eigenvalue weighted by molar-refractivity contribution is 0.0600. The summed E-state index contributed by atoms with van der Waals surface area (Å²) in [6.45, 7) is 2.15. The highest BCUT2D eigenvalue weighted by atomic mass is 16.5. The van der Waals surface area contributed by atoms with Crippen LogP contribution in [0.15, 0.2) is 18.2 Å². The van der Waals surface area contributed by atoms with Crippen molar-refractivity contribution in [3.63, 3.8) is 0 Å². The summed E-state index contributed by atoms with van der Waals surface area (Å²) in [7, 11) is 1.39. The van der Waals surface area contributed by atoms with E-state index in [0.717, 1.165) is 24.8 Å². The van der Waals surface area contributed by atoms with Gasteiger partial charge in [-0.05, 0) is 36.6 Å². The lowest BCUT2D eigenvalue weighted by Crippen LogP contribution is -2.01. The van der Waals surface area contributed by atoms with Gasteiger partial charge in [-0.2, -0.15) is 0 Å². The van der Waals surface area contributed by atoms with Crippen molar-refractivity contribution in [3.8, 4) is 0 Å². The molecule has 0 aliphatic carbocycles. The van der Waals surface area contributed by atoms with Crippen molar-refractivity contribution in [1.82, 2.24) is 0 Å². The van der Waals surface area contributed by atoms with Crippen molar-refractivity contribution in [2.24, 2.45) is 0 Å². The summed E-state index contributed by atoms with van der Waals surface area (Å²) < 4.78 is 4.64. The van der Waals surface area contributed by atoms with Crippen LogP contribution in [-0.4, -0.2) is 13.1 Å². The lowest BCUT2D eigenvalue weighted by Gasteiger charge is -2.02. The highest BCUT2D eigenvalue weighted by molar-refractivity contribution is 5.89. The molecule has 1 rings (SSSR count). The van der Waals surface area contributed by atoms with Crippen LogP contribution in [0.5, 0.6) is 0 Å². The number of hydrogen-bond acceptors (Lipinski definition) is 2. The van der Waals surface area contributed by atoms with Gasteiger partial charge >= 0.3 is 5.97 Å². The van der Waals surface area contributed by atoms with Gasteiger partial charge in [0.25, 0.3) is 0 Å². The van der Waals surface area contributed by atoms with Crippen molar-refractivity contribution in [3.05, 3.63) is 35.4 Å². The predicted molar refractivity (Wildman–Crippen MR) is 55.2 cm³/mol. The number of carbonyl (C=O) groups excluding carboxylic acids is 1. The molecular weight excluding hydrogens is 176 g/mol. The Bertz CT molecular complexity index is 305. The normalized spacial score (nSPS) is 9.86. The second kappa shape index (κ2) is 5.43. The van der Waals surface area contributed by atoms with E-state index in [1.54, 1.807) is 6.07 Å². The molecule has 0 spiro atoms. The Hall–Kier alpha value is -1.31. The minimum Gasteiger partial charge on any atom is -0.465 e. The maximum absolute atomic E-state index is 11.2. The third-order valence-corrected chi connectivity index (χ3v) is 2.09. The zero-order valence-corrected chi connectivity index (χ0v) is 8.67. The molecule has 0 bridgehead atoms. The van der Waals surface area contributed by atoms with Gasteiger partial charge in [0.05, 0.1) is 12.7 Å². The van der Waals surface area contributed by atoms with E-state index in [2.05, 4.69) is 17.7 Å². The molecule has 0 heterocycles. The minimum atomic E-state index is -0.292. The van der Waals surface area contributed by atoms with Crippen molar-refractivity contribution < 1.29 is 9.53 Å². The van der Waals surface area contributed by atoms with Crippen LogP contribution in [0.25, 0.3) is 0 Å². The predicted octanol–water partition coefficient (Wildman–Crippen LogP) is 2.62. The quantitative estimate of drug-likeness (QED) is 0.684. The van der Waals surface area contributed by atoms with Crippen molar-refractivity contribution >= 4 is 5.97 Å². The van der Waals surface area contributed by atoms with E-state index in [-0.39, 0.29) is 5.97 Å². The fourth-order valence-electron chi connectivity index (χ4n) is 1.28. The highest BCUT2D eigenvalue weighted by Gasteiger charge is 2.04. The van der Waals surface area contributed by atoms with Crippen LogP contribution >= 0.6 is 0 Å². The number of methoxy groups -OCH3 is 1. The van der Waals surface area contributed by atoms with E-state index >= 15 is 0 Å². The van der Waals surface area contributed by atoms with E-state index in [1.807, 2.05) is 12.1 Å². The Kier molecular flexibility index (Phi) is 4.17. The van der Waals surface area contributed by atoms with Crippen molar-refractivity contribution in [1.29, 1.82) is 0 Å². The SMILES string of the molecule is CCCCc1c[c]cc(C(=O)OC)c1. The molecule has 0 aliphatic heterocycles. The first-order chi connectivity index (χ1) is 6.77. The van der Waals surface area contributed by atoms with Gasteiger partial charge in [0.1, 0.15) is 0 Å². The monoisotopic (exact) mass is 191 g/mol. The molecule has 0 amide bonds. The van der Waals surface area contributed by atoms with Gasteiger partial charge in [-0.3, -0.25) is 0 Å². The summed E-state index contributed by atoms with van der Waals surface area (Å²) in [6.07, 6.45) is 3.29. The third-order valence-electron chi connectivity index (χ3n) is 2.09. The molecule has 0 aliphatic rings. The summed E-state index contributed by atoms with van der Waals surface area (Å²) in [5, 5.41) is 0. The van der Waals surface area contributed by atoms with Gasteiger partial charge in [-0.15, -0.1) is 0 Å². The Morgan fingerprint density at radius 3 is 2.93 bits per heavy atom. The first-order valence-corrected chi connectivity index (χ1v) is 4.86. The molecule has 0 aromatic heterocycles. The summed E-state index contributed by atoms with van der Waals surface area (Å²) in [6, 6.07) is 8.40. The van der Waals surface area contributed by atoms with Gasteiger partial charge in [-0.1, -0.05) is 19.4 Å². The number of ether oxygens (including phenoxy) is 1. The van der Waals surface area contributed by atoms with Crippen LogP contribution in [0.4, 0.5) is 0 Å². The Labute approximate surface area is 84.9 Å². The molecule has 0 fully saturated rings. The lowest BCUT2D eigenvalue weighted by atomic mass is 10.1. The smallest absolute Gasteiger partial charge is 0.337 e. The average molecular weight is 191 g/mol. The first-order valence-electron chi connectivity index (χ1n) is 4.86. The number of carbonyl (C=O) groups is 1. The van der Waals surface area contributed by atoms with Crippen molar-refractivity contribution in [2.75, 3.05) is 7.11 Å². The zero-order valence-electron chi connectivity index (χ0n) is 8.67. The van der Waals surface area contributed by atoms with Crippen LogP contribution in [0, 0.1) is 6.07 Å². The highest BCUT2D eigenvalue weighted by Crippen LogP contribution is 2.09. The van der Waals surface area contributed by atoms with Crippen molar-refractivity contribution in [2.45, 2.75) is 26.2 Å². The molecule has 2 nitrogen and oxygen atoms in total. The number of hydrogen-bond donors (Lipinski definition) is 0. The second-order valence-corrected chi connectivity index (χ2v) is 3.23. The maximum atomic E-state index is 11.2. The van der Waals surface area contributed by atoms with Gasteiger partial charge in [0, 0.05) is 0 Å². The molecular formula is C12H15O2. The minimum absolute atomic E-state index is 0.292. The maximum Gasteiger partial charge on any atom is 0.337 e. The summed E-state index contributed by atoms with van der Waals surface area (Å²) in [5.41, 5.74) is 1.73. The van der Waals surface area contributed by atoms with E-state index in [9.17, 15) is 4.79 Å². The summed E-state index contributed by atoms with van der Waals surface area (Å²) in [5.74, 6) is -0.292. The Morgan fingerprint density at radius 2 is 2.29 bits per heavy atom. The second-order valence-electron chi connectivity index (χ2n) is 3.23. The number of unbranched alkanes of at least 4 members (excludes halogenated alkanes) is 1. The van der Waals surface area contributed by atoms with Gasteiger partial charge < -0.3 is 4.74 Å². The van der Waals surface area contributed by atoms with Gasteiger partial charge in [-0.25, -0.2) is 4.79 Å². The molecule has 0 N–H and O–H groups in total. The molecule has 1 aromatic carbocycles. The molecule has 0 atom stereocenters. The number of benzene rings is 1. The number of rotatable bonds is 4. The summed E-state index contributed by atoms with van der Waals surface area (Å²) >= 11 is 0. The first kappa shape index (κ1) is 10.8. The van der Waals surface area contributed by atoms with Crippen LogP contribution < -0.4 is 0 Å². The Balaban J connectivity index is 2.73. The molecule has 75 valence electrons. The topological polar surface area (TPSA) is 26.3 Å². The molecule has 1 radical (unpaired) electrons. The summed E-state index contributed by atoms with van der Waals surface area (Å²) in [4.78, 5) is 11.2. The molecule has 0 unspecified atom stereocenters. The zero-order chi connectivity index (χ0) is 10.4. The number of aryl methyl sites for hydroxylation is 1. The van der Waals surface area contributed by atoms with Crippen LogP contribution in [0.2, 0.25) is 0 Å². The molecule has 1 aromatic rings. The van der Waals surface area contributed by atoms with E-state index in [1.165, 1.54) is 7.11 Å². The van der Waals surface area contributed by atoms with E-state index in [0.29, 0.717) is 5.56 Å². The van der Waals surface area contributed by atoms with Crippen LogP contribution in [0.1, 0.15) is 35.7 Å². The Morgan fingerprint density at radius 1 is 1.50 bits per heavy atom. The fourth-order valence-corrected chi connectivity index (χ4v) is 1.28. The molecule has 0 saturated carbocycles.